The van der Waals surface area contributed by atoms with Crippen molar-refractivity contribution in [3.8, 4) is 0 Å². The zero-order valence-corrected chi connectivity index (χ0v) is 21.3. The molecule has 1 N–H and O–H groups in total. The Labute approximate surface area is 198 Å². The fourth-order valence-corrected chi connectivity index (χ4v) is 4.88. The van der Waals surface area contributed by atoms with Crippen LogP contribution < -0.4 is 0 Å². The Morgan fingerprint density at radius 1 is 1.21 bits per heavy atom. The second kappa shape index (κ2) is 12.3. The van der Waals surface area contributed by atoms with Crippen LogP contribution in [0.25, 0.3) is 0 Å². The normalized spacial score (nSPS) is 33.5. The summed E-state index contributed by atoms with van der Waals surface area (Å²) >= 11 is 0. The molecule has 2 heterocycles. The monoisotopic (exact) mass is 466 g/mol. The molecule has 2 aliphatic rings. The molecule has 2 rings (SSSR count). The molecule has 0 spiro atoms. The van der Waals surface area contributed by atoms with Crippen LogP contribution in [0.15, 0.2) is 36.0 Å². The molecule has 0 amide bonds. The van der Waals surface area contributed by atoms with Crippen LogP contribution in [-0.4, -0.2) is 74.6 Å². The van der Waals surface area contributed by atoms with Crippen LogP contribution in [0.5, 0.6) is 0 Å². The highest BCUT2D eigenvalue weighted by Gasteiger charge is 2.56. The largest absolute Gasteiger partial charge is 0.469 e. The number of hydrogen-bond acceptors (Lipinski definition) is 7. The molecule has 1 saturated heterocycles. The van der Waals surface area contributed by atoms with Gasteiger partial charge < -0.3 is 28.8 Å². The second-order valence-corrected chi connectivity index (χ2v) is 9.59. The minimum Gasteiger partial charge on any atom is -0.469 e. The first-order valence-electron chi connectivity index (χ1n) is 11.7. The molecule has 0 aromatic heterocycles. The Kier molecular flexibility index (Phi) is 10.3. The molecule has 2 aliphatic heterocycles. The Hall–Kier alpha value is -1.51. The van der Waals surface area contributed by atoms with Crippen molar-refractivity contribution in [2.45, 2.75) is 89.7 Å². The molecule has 33 heavy (non-hydrogen) atoms. The summed E-state index contributed by atoms with van der Waals surface area (Å²) < 4.78 is 27.9. The lowest BCUT2D eigenvalue weighted by atomic mass is 9.86. The van der Waals surface area contributed by atoms with E-state index < -0.39 is 6.10 Å². The second-order valence-electron chi connectivity index (χ2n) is 9.59. The highest BCUT2D eigenvalue weighted by Crippen LogP contribution is 2.47. The Balaban J connectivity index is 1.94. The standard InChI is InChI=1S/C26H42O7/c1-16(15-26(5)25(33-26)18(3)24(31-8)19(4)27)10-9-11-17(2)23-21(29-6)13-12-20(32-23)14-22(28)30-7/h9-13,16,18-21,23-25,27H,14-15H2,1-8H3/b10-9+,17-11+/t16-,18-,19-,20-,21+,23-,24-,25-,26-/m1/s1. The fraction of sp³-hybridized carbons (Fsp3) is 0.731. The Bertz CT molecular complexity index is 728. The number of epoxide rings is 1. The van der Waals surface area contributed by atoms with Crippen molar-refractivity contribution in [3.05, 3.63) is 36.0 Å². The van der Waals surface area contributed by atoms with Gasteiger partial charge in [0.25, 0.3) is 0 Å². The lowest BCUT2D eigenvalue weighted by Gasteiger charge is -2.32. The summed E-state index contributed by atoms with van der Waals surface area (Å²) in [5.41, 5.74) is 0.803. The van der Waals surface area contributed by atoms with E-state index in [1.165, 1.54) is 7.11 Å². The maximum Gasteiger partial charge on any atom is 0.308 e. The summed E-state index contributed by atoms with van der Waals surface area (Å²) in [6, 6.07) is 0. The summed E-state index contributed by atoms with van der Waals surface area (Å²) in [5, 5.41) is 9.95. The number of allylic oxidation sites excluding steroid dienone is 3. The highest BCUT2D eigenvalue weighted by atomic mass is 16.6. The number of esters is 1. The van der Waals surface area contributed by atoms with Gasteiger partial charge in [0.2, 0.25) is 0 Å². The van der Waals surface area contributed by atoms with Crippen LogP contribution in [0.1, 0.15) is 47.5 Å². The third kappa shape index (κ3) is 7.49. The van der Waals surface area contributed by atoms with Gasteiger partial charge in [0.1, 0.15) is 12.2 Å². The predicted octanol–water partition coefficient (Wildman–Crippen LogP) is 3.61. The SMILES string of the molecule is COC(=O)C[C@H]1C=C[C@H](OC)[C@@H](/C(C)=C/C=C/[C@@H](C)C[C@@]2(C)O[C@@H]2[C@H](C)[C@@H](OC)[C@@H](C)O)O1. The van der Waals surface area contributed by atoms with Crippen molar-refractivity contribution in [2.24, 2.45) is 11.8 Å². The van der Waals surface area contributed by atoms with Gasteiger partial charge in [0.05, 0.1) is 43.5 Å². The third-order valence-corrected chi connectivity index (χ3v) is 6.66. The van der Waals surface area contributed by atoms with Gasteiger partial charge in [-0.1, -0.05) is 44.2 Å². The lowest BCUT2D eigenvalue weighted by molar-refractivity contribution is -0.145. The molecule has 7 heteroatoms. The van der Waals surface area contributed by atoms with Crippen LogP contribution >= 0.6 is 0 Å². The van der Waals surface area contributed by atoms with Crippen molar-refractivity contribution in [1.29, 1.82) is 0 Å². The Morgan fingerprint density at radius 2 is 1.91 bits per heavy atom. The van der Waals surface area contributed by atoms with E-state index in [2.05, 4.69) is 26.8 Å². The number of aliphatic hydroxyl groups is 1. The van der Waals surface area contributed by atoms with E-state index >= 15 is 0 Å². The molecule has 188 valence electrons. The van der Waals surface area contributed by atoms with Crippen LogP contribution in [0.4, 0.5) is 0 Å². The van der Waals surface area contributed by atoms with E-state index in [4.69, 9.17) is 23.7 Å². The van der Waals surface area contributed by atoms with E-state index in [1.807, 2.05) is 31.2 Å². The summed E-state index contributed by atoms with van der Waals surface area (Å²) in [6.07, 6.45) is 9.58. The lowest BCUT2D eigenvalue weighted by Crippen LogP contribution is -2.38. The fourth-order valence-electron chi connectivity index (χ4n) is 4.88. The molecule has 0 radical (unpaired) electrons. The van der Waals surface area contributed by atoms with Crippen LogP contribution in [0.2, 0.25) is 0 Å². The minimum absolute atomic E-state index is 0.0711. The molecular formula is C26H42O7. The number of rotatable bonds is 12. The summed E-state index contributed by atoms with van der Waals surface area (Å²) in [4.78, 5) is 11.6. The van der Waals surface area contributed by atoms with E-state index in [0.29, 0.717) is 5.92 Å². The number of hydrogen-bond donors (Lipinski definition) is 1. The molecule has 0 aromatic carbocycles. The molecule has 7 nitrogen and oxygen atoms in total. The molecular weight excluding hydrogens is 424 g/mol. The first kappa shape index (κ1) is 27.7. The average molecular weight is 467 g/mol. The van der Waals surface area contributed by atoms with Gasteiger partial charge in [-0.3, -0.25) is 4.79 Å². The molecule has 1 fully saturated rings. The summed E-state index contributed by atoms with van der Waals surface area (Å²) in [5.74, 6) is 0.114. The van der Waals surface area contributed by atoms with Gasteiger partial charge in [0, 0.05) is 20.1 Å². The van der Waals surface area contributed by atoms with E-state index in [0.717, 1.165) is 12.0 Å². The van der Waals surface area contributed by atoms with Crippen LogP contribution in [0.3, 0.4) is 0 Å². The quantitative estimate of drug-likeness (QED) is 0.203. The molecule has 0 saturated carbocycles. The first-order chi connectivity index (χ1) is 15.6. The number of ether oxygens (including phenoxy) is 5. The number of carbonyl (C=O) groups excluding carboxylic acids is 1. The Morgan fingerprint density at radius 3 is 2.48 bits per heavy atom. The predicted molar refractivity (Wildman–Crippen MR) is 127 cm³/mol. The molecule has 0 bridgehead atoms. The van der Waals surface area contributed by atoms with Crippen molar-refractivity contribution < 1.29 is 33.6 Å². The topological polar surface area (TPSA) is 86.8 Å². The maximum atomic E-state index is 11.6. The highest BCUT2D eigenvalue weighted by molar-refractivity contribution is 5.70. The van der Waals surface area contributed by atoms with Crippen molar-refractivity contribution >= 4 is 5.97 Å². The maximum absolute atomic E-state index is 11.6. The van der Waals surface area contributed by atoms with E-state index in [-0.39, 0.29) is 54.4 Å². The summed E-state index contributed by atoms with van der Waals surface area (Å²) in [6.45, 7) is 10.1. The zero-order valence-electron chi connectivity index (χ0n) is 21.3. The molecule has 0 aromatic rings. The van der Waals surface area contributed by atoms with E-state index in [1.54, 1.807) is 21.1 Å². The van der Waals surface area contributed by atoms with Gasteiger partial charge in [-0.25, -0.2) is 0 Å². The van der Waals surface area contributed by atoms with Gasteiger partial charge in [-0.05, 0) is 38.7 Å². The van der Waals surface area contributed by atoms with Crippen molar-refractivity contribution in [2.75, 3.05) is 21.3 Å². The van der Waals surface area contributed by atoms with Crippen LogP contribution in [0, 0.1) is 11.8 Å². The molecule has 0 aliphatic carbocycles. The van der Waals surface area contributed by atoms with Gasteiger partial charge >= 0.3 is 5.97 Å². The zero-order chi connectivity index (χ0) is 24.8. The average Bonchev–Trinajstić information content (AvgIpc) is 3.43. The minimum atomic E-state index is -0.538. The van der Waals surface area contributed by atoms with Gasteiger partial charge in [0.15, 0.2) is 0 Å². The molecule has 0 unspecified atom stereocenters. The van der Waals surface area contributed by atoms with E-state index in [9.17, 15) is 9.90 Å². The van der Waals surface area contributed by atoms with Crippen molar-refractivity contribution in [3.63, 3.8) is 0 Å². The van der Waals surface area contributed by atoms with Crippen molar-refractivity contribution in [1.82, 2.24) is 0 Å². The molecule has 9 atom stereocenters. The first-order valence-corrected chi connectivity index (χ1v) is 11.7. The number of aliphatic hydroxyl groups excluding tert-OH is 1. The van der Waals surface area contributed by atoms with Crippen LogP contribution in [-0.2, 0) is 28.5 Å². The summed E-state index contributed by atoms with van der Waals surface area (Å²) in [7, 11) is 4.66. The third-order valence-electron chi connectivity index (χ3n) is 6.66. The smallest absolute Gasteiger partial charge is 0.308 e. The number of carbonyl (C=O) groups is 1. The van der Waals surface area contributed by atoms with Gasteiger partial charge in [-0.2, -0.15) is 0 Å². The van der Waals surface area contributed by atoms with Gasteiger partial charge in [-0.15, -0.1) is 0 Å². The number of methoxy groups -OCH3 is 3.